The minimum Gasteiger partial charge on any atom is -0.359 e. The highest BCUT2D eigenvalue weighted by Gasteiger charge is 2.18. The van der Waals surface area contributed by atoms with Crippen molar-refractivity contribution in [2.24, 2.45) is 0 Å². The van der Waals surface area contributed by atoms with Gasteiger partial charge in [0.15, 0.2) is 9.84 Å². The molecule has 0 aliphatic rings. The van der Waals surface area contributed by atoms with Gasteiger partial charge in [0.2, 0.25) is 0 Å². The van der Waals surface area contributed by atoms with E-state index in [0.717, 1.165) is 56.6 Å². The van der Waals surface area contributed by atoms with Crippen LogP contribution in [0, 0.1) is 6.92 Å². The lowest BCUT2D eigenvalue weighted by molar-refractivity contribution is 0.602. The maximum atomic E-state index is 11.9. The second-order valence-electron chi connectivity index (χ2n) is 9.42. The normalized spacial score (nSPS) is 11.4. The molecule has 0 saturated carbocycles. The van der Waals surface area contributed by atoms with Gasteiger partial charge in [-0.2, -0.15) is 0 Å². The van der Waals surface area contributed by atoms with Crippen LogP contribution in [-0.2, 0) is 16.3 Å². The Balaban J connectivity index is 1.52. The Morgan fingerprint density at radius 1 is 0.842 bits per heavy atom. The van der Waals surface area contributed by atoms with Crippen molar-refractivity contribution in [1.29, 1.82) is 0 Å². The van der Waals surface area contributed by atoms with Gasteiger partial charge in [-0.25, -0.2) is 18.4 Å². The molecule has 38 heavy (non-hydrogen) atoms. The van der Waals surface area contributed by atoms with Crippen molar-refractivity contribution in [2.45, 2.75) is 18.2 Å². The van der Waals surface area contributed by atoms with Crippen LogP contribution in [-0.4, -0.2) is 38.2 Å². The zero-order chi connectivity index (χ0) is 26.7. The lowest BCUT2D eigenvalue weighted by Crippen LogP contribution is -2.21. The molecule has 0 N–H and O–H groups in total. The minimum atomic E-state index is -3.26. The highest BCUT2D eigenvalue weighted by molar-refractivity contribution is 7.90. The Morgan fingerprint density at radius 3 is 2.32 bits per heavy atom. The number of hydrogen-bond donors (Lipinski definition) is 0. The summed E-state index contributed by atoms with van der Waals surface area (Å²) in [5, 5.41) is 0.840. The fraction of sp³-hybridized carbons (Fsp3) is 0.161. The van der Waals surface area contributed by atoms with E-state index in [-0.39, 0.29) is 0 Å². The molecule has 0 unspecified atom stereocenters. The summed E-state index contributed by atoms with van der Waals surface area (Å²) >= 11 is 1.60. The van der Waals surface area contributed by atoms with E-state index in [9.17, 15) is 8.42 Å². The molecule has 0 amide bonds. The van der Waals surface area contributed by atoms with E-state index in [1.807, 2.05) is 36.5 Å². The van der Waals surface area contributed by atoms with Crippen LogP contribution in [0.3, 0.4) is 0 Å². The van der Waals surface area contributed by atoms with Gasteiger partial charge in [0, 0.05) is 37.2 Å². The maximum Gasteiger partial charge on any atom is 0.175 e. The van der Waals surface area contributed by atoms with E-state index < -0.39 is 9.84 Å². The molecule has 0 bridgehead atoms. The van der Waals surface area contributed by atoms with Crippen LogP contribution in [0.2, 0.25) is 0 Å². The maximum absolute atomic E-state index is 11.9. The Bertz CT molecular complexity index is 1660. The average molecular weight is 540 g/mol. The number of sulfone groups is 1. The number of rotatable bonds is 8. The molecule has 0 spiro atoms. The van der Waals surface area contributed by atoms with Crippen molar-refractivity contribution in [3.05, 3.63) is 108 Å². The van der Waals surface area contributed by atoms with E-state index >= 15 is 0 Å². The summed E-state index contributed by atoms with van der Waals surface area (Å²) in [5.41, 5.74) is 6.35. The Hall–Kier alpha value is -3.81. The Labute approximate surface area is 228 Å². The van der Waals surface area contributed by atoms with Crippen LogP contribution in [0.25, 0.3) is 32.3 Å². The smallest absolute Gasteiger partial charge is 0.175 e. The predicted octanol–water partition coefficient (Wildman–Crippen LogP) is 6.93. The number of hydrogen-bond acceptors (Lipinski definition) is 6. The molecule has 0 aliphatic carbocycles. The average Bonchev–Trinajstić information content (AvgIpc) is 3.38. The summed E-state index contributed by atoms with van der Waals surface area (Å²) in [6.07, 6.45) is 4.01. The van der Waals surface area contributed by atoms with Gasteiger partial charge in [-0.15, -0.1) is 11.3 Å². The van der Waals surface area contributed by atoms with Gasteiger partial charge in [-0.3, -0.25) is 0 Å². The van der Waals surface area contributed by atoms with Crippen molar-refractivity contribution in [2.75, 3.05) is 24.7 Å². The van der Waals surface area contributed by atoms with E-state index in [0.29, 0.717) is 4.90 Å². The molecule has 5 rings (SSSR count). The first-order valence-electron chi connectivity index (χ1n) is 12.4. The SMILES string of the molecule is Cc1cccc(-c2nc(-c3ccc(S(C)(=O)=O)cc3)sc2-c2ccnc(N(C)CCc3ccccc3)c2)c1. The molecule has 0 atom stereocenters. The summed E-state index contributed by atoms with van der Waals surface area (Å²) in [7, 11) is -1.19. The first-order valence-corrected chi connectivity index (χ1v) is 15.1. The van der Waals surface area contributed by atoms with E-state index in [1.165, 1.54) is 11.8 Å². The molecule has 2 aromatic heterocycles. The molecular formula is C31H29N3O2S2. The van der Waals surface area contributed by atoms with Crippen molar-refractivity contribution >= 4 is 27.0 Å². The second-order valence-corrected chi connectivity index (χ2v) is 12.4. The number of aromatic nitrogens is 2. The van der Waals surface area contributed by atoms with Crippen molar-refractivity contribution < 1.29 is 8.42 Å². The standard InChI is InChI=1S/C31H29N3O2S2/c1-22-8-7-11-25(20-22)29-30(37-31(33-29)24-12-14-27(15-13-24)38(3,35)36)26-16-18-32-28(21-26)34(2)19-17-23-9-5-4-6-10-23/h4-16,18,20-21H,17,19H2,1-3H3. The Morgan fingerprint density at radius 2 is 1.61 bits per heavy atom. The highest BCUT2D eigenvalue weighted by atomic mass is 32.2. The van der Waals surface area contributed by atoms with Gasteiger partial charge in [0.05, 0.1) is 15.5 Å². The number of pyridine rings is 1. The first-order chi connectivity index (χ1) is 18.3. The highest BCUT2D eigenvalue weighted by Crippen LogP contribution is 2.41. The quantitative estimate of drug-likeness (QED) is 0.214. The summed E-state index contributed by atoms with van der Waals surface area (Å²) in [6, 6.07) is 29.9. The number of thiazole rings is 1. The minimum absolute atomic E-state index is 0.300. The lowest BCUT2D eigenvalue weighted by Gasteiger charge is -2.18. The van der Waals surface area contributed by atoms with Gasteiger partial charge in [0.25, 0.3) is 0 Å². The van der Waals surface area contributed by atoms with Crippen molar-refractivity contribution in [3.8, 4) is 32.3 Å². The van der Waals surface area contributed by atoms with Gasteiger partial charge >= 0.3 is 0 Å². The van der Waals surface area contributed by atoms with Gasteiger partial charge in [0.1, 0.15) is 10.8 Å². The summed E-state index contributed by atoms with van der Waals surface area (Å²) in [6.45, 7) is 2.93. The van der Waals surface area contributed by atoms with Crippen molar-refractivity contribution in [3.63, 3.8) is 0 Å². The number of anilines is 1. The molecule has 5 nitrogen and oxygen atoms in total. The fourth-order valence-corrected chi connectivity index (χ4v) is 6.02. The molecule has 0 saturated heterocycles. The van der Waals surface area contributed by atoms with Crippen LogP contribution >= 0.6 is 11.3 Å². The van der Waals surface area contributed by atoms with Crippen LogP contribution in [0.1, 0.15) is 11.1 Å². The van der Waals surface area contributed by atoms with Gasteiger partial charge in [-0.05, 0) is 54.8 Å². The molecular weight excluding hydrogens is 510 g/mol. The lowest BCUT2D eigenvalue weighted by atomic mass is 10.1. The zero-order valence-electron chi connectivity index (χ0n) is 21.6. The zero-order valence-corrected chi connectivity index (χ0v) is 23.3. The fourth-order valence-electron chi connectivity index (χ4n) is 4.30. The van der Waals surface area contributed by atoms with Gasteiger partial charge in [-0.1, -0.05) is 66.2 Å². The van der Waals surface area contributed by atoms with E-state index in [1.54, 1.807) is 23.5 Å². The summed E-state index contributed by atoms with van der Waals surface area (Å²) < 4.78 is 23.9. The molecule has 2 heterocycles. The van der Waals surface area contributed by atoms with E-state index in [4.69, 9.17) is 4.98 Å². The molecule has 7 heteroatoms. The predicted molar refractivity (Wildman–Crippen MR) is 157 cm³/mol. The molecule has 0 aliphatic heterocycles. The monoisotopic (exact) mass is 539 g/mol. The molecule has 0 fully saturated rings. The largest absolute Gasteiger partial charge is 0.359 e. The van der Waals surface area contributed by atoms with Crippen LogP contribution in [0.15, 0.2) is 102 Å². The summed E-state index contributed by atoms with van der Waals surface area (Å²) in [5.74, 6) is 0.904. The molecule has 192 valence electrons. The van der Waals surface area contributed by atoms with Gasteiger partial charge < -0.3 is 4.90 Å². The van der Waals surface area contributed by atoms with Crippen molar-refractivity contribution in [1.82, 2.24) is 9.97 Å². The van der Waals surface area contributed by atoms with Crippen LogP contribution in [0.5, 0.6) is 0 Å². The van der Waals surface area contributed by atoms with Crippen LogP contribution in [0.4, 0.5) is 5.82 Å². The molecule has 3 aromatic carbocycles. The third-order valence-electron chi connectivity index (χ3n) is 6.43. The number of aryl methyl sites for hydroxylation is 1. The first kappa shape index (κ1) is 25.8. The molecule has 5 aromatic rings. The summed E-state index contributed by atoms with van der Waals surface area (Å²) in [4.78, 5) is 13.2. The third kappa shape index (κ3) is 5.85. The third-order valence-corrected chi connectivity index (χ3v) is 8.71. The number of nitrogens with zero attached hydrogens (tertiary/aromatic N) is 3. The topological polar surface area (TPSA) is 63.2 Å². The molecule has 0 radical (unpaired) electrons. The Kier molecular flexibility index (Phi) is 7.40. The number of likely N-dealkylation sites (N-methyl/N-ethyl adjacent to an activating group) is 1. The second kappa shape index (κ2) is 10.9. The van der Waals surface area contributed by atoms with Crippen LogP contribution < -0.4 is 4.90 Å². The van der Waals surface area contributed by atoms with E-state index in [2.05, 4.69) is 72.4 Å². The number of benzene rings is 3.